The van der Waals surface area contributed by atoms with Gasteiger partial charge in [-0.1, -0.05) is 0 Å². The van der Waals surface area contributed by atoms with Gasteiger partial charge in [0, 0.05) is 53.2 Å². The van der Waals surface area contributed by atoms with Crippen molar-refractivity contribution in [2.75, 3.05) is 40.0 Å². The molecule has 198 valence electrons. The summed E-state index contributed by atoms with van der Waals surface area (Å²) in [6, 6.07) is -1.22. The van der Waals surface area contributed by atoms with Crippen molar-refractivity contribution in [3.63, 3.8) is 0 Å². The van der Waals surface area contributed by atoms with E-state index < -0.39 is 67.0 Å². The van der Waals surface area contributed by atoms with Gasteiger partial charge in [-0.15, -0.1) is 0 Å². The molecular weight excluding hydrogens is 468 g/mol. The number of hydrogen-bond acceptors (Lipinski definition) is 12. The summed E-state index contributed by atoms with van der Waals surface area (Å²) >= 11 is 0. The monoisotopic (exact) mass is 502 g/mol. The molecule has 0 aliphatic carbocycles. The number of hydrogen-bond donors (Lipinski definition) is 1. The van der Waals surface area contributed by atoms with E-state index in [1.165, 1.54) is 21.0 Å². The van der Waals surface area contributed by atoms with Crippen LogP contribution in [0.4, 0.5) is 0 Å². The van der Waals surface area contributed by atoms with Gasteiger partial charge in [0.25, 0.3) is 0 Å². The maximum atomic E-state index is 12.5. The highest BCUT2D eigenvalue weighted by Gasteiger charge is 2.51. The van der Waals surface area contributed by atoms with Crippen molar-refractivity contribution < 1.29 is 52.4 Å². The predicted molar refractivity (Wildman–Crippen MR) is 117 cm³/mol. The minimum absolute atomic E-state index is 0.184. The zero-order valence-corrected chi connectivity index (χ0v) is 20.6. The lowest BCUT2D eigenvalue weighted by Crippen LogP contribution is -2.68. The van der Waals surface area contributed by atoms with E-state index >= 15 is 0 Å². The Morgan fingerprint density at radius 1 is 0.971 bits per heavy atom. The van der Waals surface area contributed by atoms with E-state index in [1.807, 2.05) is 4.90 Å². The predicted octanol–water partition coefficient (Wildman–Crippen LogP) is -1.05. The molecule has 2 saturated heterocycles. The van der Waals surface area contributed by atoms with Crippen LogP contribution in [0, 0.1) is 0 Å². The first-order chi connectivity index (χ1) is 16.5. The molecule has 2 heterocycles. The maximum absolute atomic E-state index is 12.5. The molecule has 0 aromatic heterocycles. The van der Waals surface area contributed by atoms with Crippen molar-refractivity contribution in [3.8, 4) is 0 Å². The number of methoxy groups -OCH3 is 1. The second-order valence-electron chi connectivity index (χ2n) is 8.31. The number of nitrogens with zero attached hydrogens (tertiary/aromatic N) is 1. The first-order valence-electron chi connectivity index (χ1n) is 11.3. The average Bonchev–Trinajstić information content (AvgIpc) is 2.79. The third-order valence-electron chi connectivity index (χ3n) is 5.65. The van der Waals surface area contributed by atoms with Crippen LogP contribution in [0.1, 0.15) is 34.1 Å². The smallest absolute Gasteiger partial charge is 0.335 e. The van der Waals surface area contributed by atoms with Gasteiger partial charge in [0.2, 0.25) is 5.91 Å². The Labute approximate surface area is 203 Å². The lowest BCUT2D eigenvalue weighted by Gasteiger charge is -2.49. The molecule has 0 spiro atoms. The van der Waals surface area contributed by atoms with Crippen molar-refractivity contribution in [1.29, 1.82) is 0 Å². The Hall–Kier alpha value is -2.77. The zero-order valence-electron chi connectivity index (χ0n) is 20.6. The maximum Gasteiger partial charge on any atom is 0.335 e. The van der Waals surface area contributed by atoms with Crippen LogP contribution >= 0.6 is 0 Å². The Morgan fingerprint density at radius 3 is 2.11 bits per heavy atom. The molecule has 0 aromatic rings. The van der Waals surface area contributed by atoms with Crippen molar-refractivity contribution >= 4 is 29.8 Å². The molecule has 0 radical (unpaired) electrons. The highest BCUT2D eigenvalue weighted by atomic mass is 16.6. The Kier molecular flexibility index (Phi) is 10.9. The summed E-state index contributed by atoms with van der Waals surface area (Å²) in [5, 5.41) is 2.85. The van der Waals surface area contributed by atoms with Crippen molar-refractivity contribution in [2.45, 2.75) is 70.6 Å². The second-order valence-corrected chi connectivity index (χ2v) is 8.31. The molecule has 6 atom stereocenters. The van der Waals surface area contributed by atoms with E-state index in [0.717, 1.165) is 13.8 Å². The molecule has 1 amide bonds. The SMILES string of the molecule is COC(=O)[C@@H]1C[C@H](N2CCOCC2)[C@@H](NC(C)=O)[C@H]([C@@H](OC(C)=O)[C@@H](COC(C)=O)OC(C)=O)O1. The zero-order chi connectivity index (χ0) is 26.1. The van der Waals surface area contributed by atoms with Crippen LogP contribution in [0.2, 0.25) is 0 Å². The Balaban J connectivity index is 2.54. The summed E-state index contributed by atoms with van der Waals surface area (Å²) in [4.78, 5) is 62.2. The normalized spacial score (nSPS) is 26.5. The summed E-state index contributed by atoms with van der Waals surface area (Å²) in [5.74, 6) is -3.14. The number of amides is 1. The highest BCUT2D eigenvalue weighted by molar-refractivity contribution is 5.76. The van der Waals surface area contributed by atoms with Gasteiger partial charge in [0.1, 0.15) is 12.7 Å². The van der Waals surface area contributed by atoms with Crippen LogP contribution in [0.15, 0.2) is 0 Å². The number of carbonyl (C=O) groups is 5. The van der Waals surface area contributed by atoms with Gasteiger partial charge in [0.15, 0.2) is 18.3 Å². The fourth-order valence-electron chi connectivity index (χ4n) is 4.33. The molecular formula is C22H34N2O11. The van der Waals surface area contributed by atoms with Gasteiger partial charge in [-0.2, -0.15) is 0 Å². The largest absolute Gasteiger partial charge is 0.467 e. The van der Waals surface area contributed by atoms with E-state index in [-0.39, 0.29) is 12.3 Å². The lowest BCUT2D eigenvalue weighted by atomic mass is 9.86. The van der Waals surface area contributed by atoms with E-state index in [2.05, 4.69) is 5.32 Å². The fraction of sp³-hybridized carbons (Fsp3) is 0.773. The standard InChI is InChI=1S/C22H34N2O11/c1-12(25)23-19-16(24-6-8-31-9-7-24)10-17(22(29)30-5)35-21(19)20(34-15(4)28)18(33-14(3)27)11-32-13(2)26/h16-21H,6-11H2,1-5H3,(H,23,25)/t16-,17-,18+,19+,20-,21+/m0/s1. The molecule has 2 aliphatic heterocycles. The molecule has 0 unspecified atom stereocenters. The fourth-order valence-corrected chi connectivity index (χ4v) is 4.33. The van der Waals surface area contributed by atoms with Gasteiger partial charge in [-0.3, -0.25) is 24.1 Å². The molecule has 2 rings (SSSR count). The molecule has 13 nitrogen and oxygen atoms in total. The summed E-state index contributed by atoms with van der Waals surface area (Å²) in [5.41, 5.74) is 0. The topological polar surface area (TPSA) is 156 Å². The molecule has 1 N–H and O–H groups in total. The summed E-state index contributed by atoms with van der Waals surface area (Å²) in [6.07, 6.45) is -4.64. The van der Waals surface area contributed by atoms with Gasteiger partial charge in [-0.25, -0.2) is 4.79 Å². The Morgan fingerprint density at radius 2 is 1.60 bits per heavy atom. The van der Waals surface area contributed by atoms with Gasteiger partial charge in [0.05, 0.1) is 26.4 Å². The molecule has 0 saturated carbocycles. The minimum Gasteiger partial charge on any atom is -0.467 e. The summed E-state index contributed by atoms with van der Waals surface area (Å²) in [7, 11) is 1.22. The molecule has 2 aliphatic rings. The Bertz CT molecular complexity index is 783. The van der Waals surface area contributed by atoms with Crippen LogP contribution in [0.5, 0.6) is 0 Å². The highest BCUT2D eigenvalue weighted by Crippen LogP contribution is 2.31. The number of carbonyl (C=O) groups excluding carboxylic acids is 5. The van der Waals surface area contributed by atoms with Gasteiger partial charge < -0.3 is 33.7 Å². The third kappa shape index (κ3) is 8.44. The number of morpholine rings is 1. The summed E-state index contributed by atoms with van der Waals surface area (Å²) in [6.45, 7) is 6.31. The number of nitrogens with one attached hydrogen (secondary N) is 1. The number of rotatable bonds is 9. The van der Waals surface area contributed by atoms with E-state index in [4.69, 9.17) is 28.4 Å². The minimum atomic E-state index is -1.33. The van der Waals surface area contributed by atoms with E-state index in [0.29, 0.717) is 26.3 Å². The van der Waals surface area contributed by atoms with Crippen LogP contribution in [0.25, 0.3) is 0 Å². The first-order valence-corrected chi connectivity index (χ1v) is 11.3. The third-order valence-corrected chi connectivity index (χ3v) is 5.65. The summed E-state index contributed by atoms with van der Waals surface area (Å²) < 4.78 is 32.3. The molecule has 13 heteroatoms. The number of ether oxygens (including phenoxy) is 6. The van der Waals surface area contributed by atoms with Gasteiger partial charge >= 0.3 is 23.9 Å². The van der Waals surface area contributed by atoms with E-state index in [9.17, 15) is 24.0 Å². The average molecular weight is 503 g/mol. The molecule has 35 heavy (non-hydrogen) atoms. The molecule has 0 bridgehead atoms. The molecule has 2 fully saturated rings. The quantitative estimate of drug-likeness (QED) is 0.302. The van der Waals surface area contributed by atoms with Crippen molar-refractivity contribution in [2.24, 2.45) is 0 Å². The number of esters is 4. The van der Waals surface area contributed by atoms with E-state index in [1.54, 1.807) is 0 Å². The van der Waals surface area contributed by atoms with Crippen LogP contribution < -0.4 is 5.32 Å². The second kappa shape index (κ2) is 13.4. The van der Waals surface area contributed by atoms with Crippen LogP contribution in [0.3, 0.4) is 0 Å². The van der Waals surface area contributed by atoms with Gasteiger partial charge in [-0.05, 0) is 0 Å². The van der Waals surface area contributed by atoms with Crippen molar-refractivity contribution in [3.05, 3.63) is 0 Å². The van der Waals surface area contributed by atoms with Crippen LogP contribution in [-0.2, 0) is 52.4 Å². The van der Waals surface area contributed by atoms with Crippen LogP contribution in [-0.4, -0.2) is 111 Å². The molecule has 0 aromatic carbocycles. The first kappa shape index (κ1) is 28.5. The van der Waals surface area contributed by atoms with Crippen molar-refractivity contribution in [1.82, 2.24) is 10.2 Å². The lowest BCUT2D eigenvalue weighted by molar-refractivity contribution is -0.211.